The lowest BCUT2D eigenvalue weighted by Gasteiger charge is -2.24. The van der Waals surface area contributed by atoms with Gasteiger partial charge < -0.3 is 15.5 Å². The number of aliphatic carboxylic acids is 2. The molecule has 1 aliphatic heterocycles. The highest BCUT2D eigenvalue weighted by Gasteiger charge is 2.38. The number of nitrogens with one attached hydrogen (secondary N) is 1. The standard InChI is InChI=1S/C20H23FN6.2C2HF3O2/c21-19-5-2-1-4-17(19)14-26-12-16(13-27-18(15-26)7-11-25-27)6-10-24-20-22-8-3-9-23-20;2*3-2(4,5)1(6)7/h1-5,7-9,11,16H,6,10,12-15H2,(H,22,23,24);2*(H,6,7). The molecule has 0 amide bonds. The predicted octanol–water partition coefficient (Wildman–Crippen LogP) is 4.21. The van der Waals surface area contributed by atoms with E-state index in [1.165, 1.54) is 11.8 Å². The first-order valence-electron chi connectivity index (χ1n) is 11.7. The number of carboxylic acids is 2. The maximum Gasteiger partial charge on any atom is 0.490 e. The van der Waals surface area contributed by atoms with E-state index < -0.39 is 24.3 Å². The van der Waals surface area contributed by atoms with Gasteiger partial charge in [-0.1, -0.05) is 18.2 Å². The third-order valence-corrected chi connectivity index (χ3v) is 5.38. The second kappa shape index (κ2) is 14.9. The van der Waals surface area contributed by atoms with Crippen LogP contribution in [0.3, 0.4) is 0 Å². The van der Waals surface area contributed by atoms with Gasteiger partial charge in [0.25, 0.3) is 0 Å². The quantitative estimate of drug-likeness (QED) is 0.359. The summed E-state index contributed by atoms with van der Waals surface area (Å²) in [5.74, 6) is -4.60. The van der Waals surface area contributed by atoms with Crippen molar-refractivity contribution in [2.24, 2.45) is 5.92 Å². The van der Waals surface area contributed by atoms with E-state index in [2.05, 4.69) is 30.0 Å². The van der Waals surface area contributed by atoms with Gasteiger partial charge in [-0.05, 0) is 30.5 Å². The van der Waals surface area contributed by atoms with Crippen LogP contribution in [0.25, 0.3) is 0 Å². The van der Waals surface area contributed by atoms with Gasteiger partial charge in [-0.3, -0.25) is 9.58 Å². The lowest BCUT2D eigenvalue weighted by atomic mass is 10.0. The van der Waals surface area contributed by atoms with Crippen LogP contribution >= 0.6 is 0 Å². The van der Waals surface area contributed by atoms with Gasteiger partial charge in [0, 0.05) is 56.9 Å². The molecule has 3 N–H and O–H groups in total. The van der Waals surface area contributed by atoms with E-state index in [0.29, 0.717) is 18.4 Å². The second-order valence-electron chi connectivity index (χ2n) is 8.53. The Balaban J connectivity index is 0.000000349. The van der Waals surface area contributed by atoms with Crippen molar-refractivity contribution < 1.29 is 50.5 Å². The molecule has 3 aromatic rings. The Bertz CT molecular complexity index is 1230. The molecule has 17 heteroatoms. The fourth-order valence-corrected chi connectivity index (χ4v) is 3.57. The Labute approximate surface area is 228 Å². The van der Waals surface area contributed by atoms with Crippen molar-refractivity contribution in [3.05, 3.63) is 72.1 Å². The summed E-state index contributed by atoms with van der Waals surface area (Å²) in [5.41, 5.74) is 1.91. The number of halogens is 7. The summed E-state index contributed by atoms with van der Waals surface area (Å²) < 4.78 is 79.6. The highest BCUT2D eigenvalue weighted by atomic mass is 19.4. The largest absolute Gasteiger partial charge is 0.490 e. The molecule has 41 heavy (non-hydrogen) atoms. The molecule has 2 aromatic heterocycles. The minimum atomic E-state index is -5.08. The van der Waals surface area contributed by atoms with Crippen LogP contribution in [0.15, 0.2) is 55.0 Å². The maximum absolute atomic E-state index is 14.1. The number of alkyl halides is 6. The van der Waals surface area contributed by atoms with E-state index in [4.69, 9.17) is 19.8 Å². The normalized spacial score (nSPS) is 15.2. The summed E-state index contributed by atoms with van der Waals surface area (Å²) in [5, 5.41) is 22.0. The summed E-state index contributed by atoms with van der Waals surface area (Å²) in [4.78, 5) is 28.5. The molecule has 3 heterocycles. The number of anilines is 1. The minimum absolute atomic E-state index is 0.144. The van der Waals surface area contributed by atoms with Gasteiger partial charge in [0.2, 0.25) is 5.95 Å². The molecule has 224 valence electrons. The topological polar surface area (TPSA) is 133 Å². The molecule has 0 aliphatic carbocycles. The number of hydrogen-bond donors (Lipinski definition) is 3. The highest BCUT2D eigenvalue weighted by molar-refractivity contribution is 5.73. The monoisotopic (exact) mass is 594 g/mol. The van der Waals surface area contributed by atoms with Crippen molar-refractivity contribution in [2.75, 3.05) is 18.4 Å². The average Bonchev–Trinajstić information content (AvgIpc) is 3.24. The average molecular weight is 594 g/mol. The van der Waals surface area contributed by atoms with Crippen LogP contribution in [0.1, 0.15) is 17.7 Å². The Morgan fingerprint density at radius 3 is 2.05 bits per heavy atom. The molecular formula is C24H25F7N6O4. The first-order valence-corrected chi connectivity index (χ1v) is 11.7. The summed E-state index contributed by atoms with van der Waals surface area (Å²) >= 11 is 0. The van der Waals surface area contributed by atoms with Crippen LogP contribution < -0.4 is 5.32 Å². The molecular weight excluding hydrogens is 569 g/mol. The van der Waals surface area contributed by atoms with Gasteiger partial charge in [-0.2, -0.15) is 31.4 Å². The lowest BCUT2D eigenvalue weighted by Crippen LogP contribution is -2.29. The van der Waals surface area contributed by atoms with Gasteiger partial charge in [-0.15, -0.1) is 0 Å². The van der Waals surface area contributed by atoms with Crippen LogP contribution in [-0.2, 0) is 29.2 Å². The fraction of sp³-hybridized carbons (Fsp3) is 0.375. The fourth-order valence-electron chi connectivity index (χ4n) is 3.57. The molecule has 0 saturated heterocycles. The van der Waals surface area contributed by atoms with Crippen molar-refractivity contribution in [1.29, 1.82) is 0 Å². The summed E-state index contributed by atoms with van der Waals surface area (Å²) in [7, 11) is 0. The number of carbonyl (C=O) groups is 2. The molecule has 1 aromatic carbocycles. The number of hydrogen-bond acceptors (Lipinski definition) is 7. The Kier molecular flexibility index (Phi) is 12.0. The van der Waals surface area contributed by atoms with Crippen molar-refractivity contribution in [2.45, 2.75) is 38.4 Å². The second-order valence-corrected chi connectivity index (χ2v) is 8.53. The number of nitrogens with zero attached hydrogens (tertiary/aromatic N) is 5. The number of rotatable bonds is 6. The van der Waals surface area contributed by atoms with E-state index in [0.717, 1.165) is 38.2 Å². The predicted molar refractivity (Wildman–Crippen MR) is 129 cm³/mol. The van der Waals surface area contributed by atoms with Crippen LogP contribution in [0.4, 0.5) is 36.7 Å². The first kappa shape index (κ1) is 32.9. The zero-order chi connectivity index (χ0) is 30.6. The number of aromatic nitrogens is 4. The molecule has 4 rings (SSSR count). The third kappa shape index (κ3) is 11.8. The third-order valence-electron chi connectivity index (χ3n) is 5.38. The van der Waals surface area contributed by atoms with Crippen LogP contribution in [-0.4, -0.2) is 72.2 Å². The molecule has 0 spiro atoms. The SMILES string of the molecule is Fc1ccccc1CN1Cc2ccnn2CC(CCNc2ncccn2)C1.O=C(O)C(F)(F)F.O=C(O)C(F)(F)F. The van der Waals surface area contributed by atoms with E-state index in [9.17, 15) is 30.7 Å². The van der Waals surface area contributed by atoms with Gasteiger partial charge in [-0.25, -0.2) is 23.9 Å². The summed E-state index contributed by atoms with van der Waals surface area (Å²) in [6.45, 7) is 3.94. The van der Waals surface area contributed by atoms with E-state index in [-0.39, 0.29) is 5.82 Å². The Morgan fingerprint density at radius 2 is 1.49 bits per heavy atom. The van der Waals surface area contributed by atoms with Gasteiger partial charge in [0.05, 0.1) is 5.69 Å². The minimum Gasteiger partial charge on any atom is -0.475 e. The Morgan fingerprint density at radius 1 is 0.902 bits per heavy atom. The smallest absolute Gasteiger partial charge is 0.475 e. The molecule has 1 aliphatic rings. The van der Waals surface area contributed by atoms with Crippen LogP contribution in [0.2, 0.25) is 0 Å². The number of carboxylic acid groups (broad SMARTS) is 2. The molecule has 0 saturated carbocycles. The molecule has 0 bridgehead atoms. The molecule has 10 nitrogen and oxygen atoms in total. The van der Waals surface area contributed by atoms with Crippen molar-refractivity contribution in [3.8, 4) is 0 Å². The molecule has 0 fully saturated rings. The van der Waals surface area contributed by atoms with E-state index >= 15 is 0 Å². The maximum atomic E-state index is 14.1. The van der Waals surface area contributed by atoms with E-state index in [1.54, 1.807) is 24.5 Å². The van der Waals surface area contributed by atoms with Gasteiger partial charge >= 0.3 is 24.3 Å². The highest BCUT2D eigenvalue weighted by Crippen LogP contribution is 2.21. The van der Waals surface area contributed by atoms with E-state index in [1.807, 2.05) is 24.4 Å². The van der Waals surface area contributed by atoms with Crippen molar-refractivity contribution >= 4 is 17.9 Å². The van der Waals surface area contributed by atoms with Crippen LogP contribution in [0.5, 0.6) is 0 Å². The zero-order valence-corrected chi connectivity index (χ0v) is 21.1. The number of benzene rings is 1. The van der Waals surface area contributed by atoms with Crippen molar-refractivity contribution in [1.82, 2.24) is 24.6 Å². The zero-order valence-electron chi connectivity index (χ0n) is 21.1. The first-order chi connectivity index (χ1) is 19.2. The lowest BCUT2D eigenvalue weighted by molar-refractivity contribution is -0.193. The molecule has 0 radical (unpaired) electrons. The molecule has 1 unspecified atom stereocenters. The summed E-state index contributed by atoms with van der Waals surface area (Å²) in [6.07, 6.45) is -3.90. The Hall–Kier alpha value is -4.28. The number of fused-ring (bicyclic) bond motifs is 1. The van der Waals surface area contributed by atoms with Gasteiger partial charge in [0.1, 0.15) is 5.82 Å². The molecule has 1 atom stereocenters. The summed E-state index contributed by atoms with van der Waals surface area (Å²) in [6, 6.07) is 10.9. The van der Waals surface area contributed by atoms with Gasteiger partial charge in [0.15, 0.2) is 0 Å². The van der Waals surface area contributed by atoms with Crippen molar-refractivity contribution in [3.63, 3.8) is 0 Å². The van der Waals surface area contributed by atoms with Crippen LogP contribution in [0, 0.1) is 11.7 Å².